The van der Waals surface area contributed by atoms with E-state index in [0.717, 1.165) is 11.3 Å². The van der Waals surface area contributed by atoms with Gasteiger partial charge < -0.3 is 10.4 Å². The van der Waals surface area contributed by atoms with Gasteiger partial charge in [0, 0.05) is 6.54 Å². The van der Waals surface area contributed by atoms with Gasteiger partial charge in [-0.2, -0.15) is 4.72 Å². The topological polar surface area (TPSA) is 113 Å². The van der Waals surface area contributed by atoms with Crippen molar-refractivity contribution in [2.45, 2.75) is 23.6 Å². The van der Waals surface area contributed by atoms with Crippen molar-refractivity contribution in [2.24, 2.45) is 0 Å². The van der Waals surface area contributed by atoms with Gasteiger partial charge in [-0.25, -0.2) is 8.42 Å². The molecule has 1 heterocycles. The van der Waals surface area contributed by atoms with Crippen molar-refractivity contribution in [1.82, 2.24) is 10.0 Å². The summed E-state index contributed by atoms with van der Waals surface area (Å²) in [5.41, 5.74) is 0. The van der Waals surface area contributed by atoms with E-state index < -0.39 is 27.9 Å². The van der Waals surface area contributed by atoms with Crippen LogP contribution in [0.3, 0.4) is 0 Å². The van der Waals surface area contributed by atoms with E-state index in [4.69, 9.17) is 5.11 Å². The van der Waals surface area contributed by atoms with Crippen molar-refractivity contribution in [3.63, 3.8) is 0 Å². The van der Waals surface area contributed by atoms with E-state index in [1.807, 2.05) is 0 Å². The third kappa shape index (κ3) is 4.97. The Morgan fingerprint density at radius 2 is 2.16 bits per heavy atom. The van der Waals surface area contributed by atoms with Crippen molar-refractivity contribution in [3.05, 3.63) is 17.5 Å². The molecule has 0 aromatic carbocycles. The first-order valence-corrected chi connectivity index (χ1v) is 7.74. The van der Waals surface area contributed by atoms with Gasteiger partial charge in [-0.15, -0.1) is 11.3 Å². The molecule has 3 N–H and O–H groups in total. The van der Waals surface area contributed by atoms with Gasteiger partial charge >= 0.3 is 5.97 Å². The van der Waals surface area contributed by atoms with Crippen LogP contribution in [0.4, 0.5) is 0 Å². The Morgan fingerprint density at radius 1 is 1.47 bits per heavy atom. The summed E-state index contributed by atoms with van der Waals surface area (Å²) in [6.45, 7) is 1.35. The van der Waals surface area contributed by atoms with Crippen LogP contribution >= 0.6 is 11.3 Å². The Kier molecular flexibility index (Phi) is 5.45. The van der Waals surface area contributed by atoms with Crippen LogP contribution < -0.4 is 10.0 Å². The van der Waals surface area contributed by atoms with Gasteiger partial charge in [-0.1, -0.05) is 6.07 Å². The molecule has 106 valence electrons. The van der Waals surface area contributed by atoms with Crippen LogP contribution in [0.25, 0.3) is 0 Å². The average molecular weight is 306 g/mol. The summed E-state index contributed by atoms with van der Waals surface area (Å²) in [6.07, 6.45) is -0.212. The zero-order valence-electron chi connectivity index (χ0n) is 10.1. The molecule has 1 amide bonds. The maximum atomic E-state index is 11.8. The van der Waals surface area contributed by atoms with Crippen LogP contribution in [0.1, 0.15) is 13.3 Å². The van der Waals surface area contributed by atoms with Crippen molar-refractivity contribution >= 4 is 33.2 Å². The lowest BCUT2D eigenvalue weighted by Crippen LogP contribution is -2.45. The maximum absolute atomic E-state index is 11.8. The largest absolute Gasteiger partial charge is 0.481 e. The highest BCUT2D eigenvalue weighted by molar-refractivity contribution is 7.91. The number of rotatable bonds is 7. The monoisotopic (exact) mass is 306 g/mol. The van der Waals surface area contributed by atoms with Crippen LogP contribution in [0.15, 0.2) is 21.7 Å². The fourth-order valence-corrected chi connectivity index (χ4v) is 3.42. The molecule has 0 spiro atoms. The van der Waals surface area contributed by atoms with Crippen molar-refractivity contribution in [2.75, 3.05) is 6.54 Å². The van der Waals surface area contributed by atoms with Crippen molar-refractivity contribution in [3.8, 4) is 0 Å². The predicted octanol–water partition coefficient (Wildman–Crippen LogP) is 0.00580. The van der Waals surface area contributed by atoms with E-state index in [2.05, 4.69) is 10.0 Å². The average Bonchev–Trinajstić information content (AvgIpc) is 2.81. The molecule has 0 saturated heterocycles. The second-order valence-corrected chi connectivity index (χ2v) is 6.60. The molecule has 0 aliphatic carbocycles. The molecule has 0 saturated carbocycles. The highest BCUT2D eigenvalue weighted by Gasteiger charge is 2.22. The van der Waals surface area contributed by atoms with Gasteiger partial charge in [0.25, 0.3) is 10.0 Å². The van der Waals surface area contributed by atoms with Gasteiger partial charge in [-0.05, 0) is 18.4 Å². The van der Waals surface area contributed by atoms with E-state index in [-0.39, 0.29) is 17.2 Å². The van der Waals surface area contributed by atoms with E-state index in [9.17, 15) is 18.0 Å². The van der Waals surface area contributed by atoms with Gasteiger partial charge in [0.15, 0.2) is 0 Å². The number of carbonyl (C=O) groups excluding carboxylic acids is 1. The maximum Gasteiger partial charge on any atom is 0.305 e. The highest BCUT2D eigenvalue weighted by atomic mass is 32.2. The number of aliphatic carboxylic acids is 1. The highest BCUT2D eigenvalue weighted by Crippen LogP contribution is 2.15. The molecule has 9 heteroatoms. The second kappa shape index (κ2) is 6.64. The quantitative estimate of drug-likeness (QED) is 0.656. The molecule has 1 aromatic heterocycles. The summed E-state index contributed by atoms with van der Waals surface area (Å²) in [7, 11) is -3.71. The molecule has 0 aliphatic heterocycles. The molecule has 0 fully saturated rings. The predicted molar refractivity (Wildman–Crippen MR) is 69.4 cm³/mol. The first-order valence-electron chi connectivity index (χ1n) is 5.38. The number of carbonyl (C=O) groups is 2. The summed E-state index contributed by atoms with van der Waals surface area (Å²) >= 11 is 1.05. The van der Waals surface area contributed by atoms with Crippen LogP contribution in [-0.4, -0.2) is 38.0 Å². The molecule has 1 atom stereocenters. The standard InChI is InChI=1S/C10H14N2O5S2/c1-7(10(15)11-5-4-8(13)14)12-19(16,17)9-3-2-6-18-9/h2-3,6-7,12H,4-5H2,1H3,(H,11,15)(H,13,14). The van der Waals surface area contributed by atoms with E-state index >= 15 is 0 Å². The lowest BCUT2D eigenvalue weighted by Gasteiger charge is -2.13. The van der Waals surface area contributed by atoms with Crippen LogP contribution in [0.5, 0.6) is 0 Å². The summed E-state index contributed by atoms with van der Waals surface area (Å²) in [6, 6.07) is 2.06. The minimum atomic E-state index is -3.71. The molecule has 1 aromatic rings. The van der Waals surface area contributed by atoms with Crippen molar-refractivity contribution in [1.29, 1.82) is 0 Å². The number of sulfonamides is 1. The molecule has 0 aliphatic rings. The number of amides is 1. The van der Waals surface area contributed by atoms with Crippen LogP contribution in [0.2, 0.25) is 0 Å². The second-order valence-electron chi connectivity index (χ2n) is 3.71. The lowest BCUT2D eigenvalue weighted by molar-refractivity contribution is -0.136. The Morgan fingerprint density at radius 3 is 2.68 bits per heavy atom. The molecule has 7 nitrogen and oxygen atoms in total. The third-order valence-electron chi connectivity index (χ3n) is 2.12. The molecule has 0 bridgehead atoms. The van der Waals surface area contributed by atoms with Gasteiger partial charge in [0.1, 0.15) is 4.21 Å². The van der Waals surface area contributed by atoms with E-state index in [0.29, 0.717) is 0 Å². The summed E-state index contributed by atoms with van der Waals surface area (Å²) in [4.78, 5) is 21.8. The summed E-state index contributed by atoms with van der Waals surface area (Å²) in [5.74, 6) is -1.60. The van der Waals surface area contributed by atoms with Gasteiger partial charge in [-0.3, -0.25) is 9.59 Å². The normalized spacial score (nSPS) is 12.9. The molecule has 0 radical (unpaired) electrons. The number of hydrogen-bond donors (Lipinski definition) is 3. The Hall–Kier alpha value is -1.45. The number of hydrogen-bond acceptors (Lipinski definition) is 5. The zero-order valence-corrected chi connectivity index (χ0v) is 11.8. The summed E-state index contributed by atoms with van der Waals surface area (Å²) in [5, 5.41) is 12.4. The van der Waals surface area contributed by atoms with Crippen molar-refractivity contribution < 1.29 is 23.1 Å². The smallest absolute Gasteiger partial charge is 0.305 e. The number of carboxylic acids is 1. The number of nitrogens with one attached hydrogen (secondary N) is 2. The molecule has 1 unspecified atom stereocenters. The van der Waals surface area contributed by atoms with E-state index in [1.165, 1.54) is 13.0 Å². The summed E-state index contributed by atoms with van der Waals surface area (Å²) < 4.78 is 26.0. The van der Waals surface area contributed by atoms with Crippen LogP contribution in [0, 0.1) is 0 Å². The van der Waals surface area contributed by atoms with E-state index in [1.54, 1.807) is 11.4 Å². The van der Waals surface area contributed by atoms with Crippen LogP contribution in [-0.2, 0) is 19.6 Å². The Balaban J connectivity index is 2.52. The minimum Gasteiger partial charge on any atom is -0.481 e. The molecule has 1 rings (SSSR count). The molecule has 19 heavy (non-hydrogen) atoms. The minimum absolute atomic E-state index is 0.0424. The van der Waals surface area contributed by atoms with Gasteiger partial charge in [0.05, 0.1) is 12.5 Å². The fraction of sp³-hybridized carbons (Fsp3) is 0.400. The molecular formula is C10H14N2O5S2. The Bertz CT molecular complexity index is 538. The third-order valence-corrected chi connectivity index (χ3v) is 5.06. The first-order chi connectivity index (χ1) is 8.83. The first kappa shape index (κ1) is 15.6. The molecular weight excluding hydrogens is 292 g/mol. The SMILES string of the molecule is CC(NS(=O)(=O)c1cccs1)C(=O)NCCC(=O)O. The Labute approximate surface area is 114 Å². The lowest BCUT2D eigenvalue weighted by atomic mass is 10.3. The number of carboxylic acid groups (broad SMARTS) is 1. The fourth-order valence-electron chi connectivity index (χ4n) is 1.21. The zero-order chi connectivity index (χ0) is 14.5. The van der Waals surface area contributed by atoms with Gasteiger partial charge in [0.2, 0.25) is 5.91 Å². The number of thiophene rings is 1.